The smallest absolute Gasteiger partial charge is 0.270 e. The van der Waals surface area contributed by atoms with E-state index < -0.39 is 0 Å². The second kappa shape index (κ2) is 7.37. The molecule has 0 saturated heterocycles. The van der Waals surface area contributed by atoms with Crippen LogP contribution in [0.2, 0.25) is 5.02 Å². The second-order valence-electron chi connectivity index (χ2n) is 6.65. The van der Waals surface area contributed by atoms with Crippen LogP contribution in [0, 0.1) is 5.92 Å². The number of pyridine rings is 1. The molecule has 0 radical (unpaired) electrons. The normalized spacial score (nSPS) is 13.8. The van der Waals surface area contributed by atoms with Crippen LogP contribution in [0.25, 0.3) is 22.2 Å². The van der Waals surface area contributed by atoms with Crippen molar-refractivity contribution in [1.29, 1.82) is 0 Å². The molecule has 5 nitrogen and oxygen atoms in total. The summed E-state index contributed by atoms with van der Waals surface area (Å²) >= 11 is 5.96. The number of fused-ring (bicyclic) bond motifs is 1. The van der Waals surface area contributed by atoms with Gasteiger partial charge < -0.3 is 0 Å². The molecular formula is C21H18ClN3O2. The largest absolute Gasteiger partial charge is 0.273 e. The van der Waals surface area contributed by atoms with Gasteiger partial charge in [0.05, 0.1) is 16.8 Å². The summed E-state index contributed by atoms with van der Waals surface area (Å²) in [6.45, 7) is 0. The zero-order chi connectivity index (χ0) is 18.8. The number of aromatic nitrogens is 1. The molecule has 1 aromatic heterocycles. The van der Waals surface area contributed by atoms with E-state index in [1.807, 2.05) is 36.4 Å². The first-order chi connectivity index (χ1) is 13.1. The minimum absolute atomic E-state index is 0.00381. The lowest BCUT2D eigenvalue weighted by molar-refractivity contribution is -0.128. The van der Waals surface area contributed by atoms with Crippen molar-refractivity contribution in [1.82, 2.24) is 15.8 Å². The Bertz CT molecular complexity index is 1010. The Balaban J connectivity index is 1.66. The number of benzene rings is 2. The molecular weight excluding hydrogens is 362 g/mol. The van der Waals surface area contributed by atoms with E-state index in [4.69, 9.17) is 11.6 Å². The van der Waals surface area contributed by atoms with Crippen LogP contribution in [0.5, 0.6) is 0 Å². The van der Waals surface area contributed by atoms with E-state index in [9.17, 15) is 9.59 Å². The summed E-state index contributed by atoms with van der Waals surface area (Å²) in [6.07, 6.45) is 2.81. The molecule has 4 rings (SSSR count). The minimum Gasteiger partial charge on any atom is -0.273 e. The van der Waals surface area contributed by atoms with Crippen molar-refractivity contribution in [3.8, 4) is 11.3 Å². The van der Waals surface area contributed by atoms with Crippen LogP contribution in [-0.4, -0.2) is 16.8 Å². The fourth-order valence-electron chi connectivity index (χ4n) is 3.09. The third-order valence-electron chi connectivity index (χ3n) is 4.88. The second-order valence-corrected chi connectivity index (χ2v) is 7.09. The molecule has 6 heteroatoms. The first-order valence-corrected chi connectivity index (χ1v) is 9.25. The summed E-state index contributed by atoms with van der Waals surface area (Å²) < 4.78 is 0. The Morgan fingerprint density at radius 2 is 1.74 bits per heavy atom. The number of hydrogen-bond donors (Lipinski definition) is 2. The third kappa shape index (κ3) is 3.64. The molecule has 1 fully saturated rings. The number of para-hydroxylation sites is 1. The molecule has 1 heterocycles. The zero-order valence-corrected chi connectivity index (χ0v) is 15.3. The average Bonchev–Trinajstić information content (AvgIpc) is 2.64. The SMILES string of the molecule is O=C(NNC(=O)C1CCC1)c1cc(-c2ccc(Cl)cc2)nc2ccccc12. The van der Waals surface area contributed by atoms with E-state index in [2.05, 4.69) is 15.8 Å². The van der Waals surface area contributed by atoms with Gasteiger partial charge in [-0.15, -0.1) is 0 Å². The molecule has 136 valence electrons. The monoisotopic (exact) mass is 379 g/mol. The average molecular weight is 380 g/mol. The van der Waals surface area contributed by atoms with E-state index in [-0.39, 0.29) is 17.7 Å². The van der Waals surface area contributed by atoms with E-state index in [0.29, 0.717) is 21.8 Å². The van der Waals surface area contributed by atoms with Crippen molar-refractivity contribution in [3.63, 3.8) is 0 Å². The number of carbonyl (C=O) groups excluding carboxylic acids is 2. The third-order valence-corrected chi connectivity index (χ3v) is 5.13. The van der Waals surface area contributed by atoms with Gasteiger partial charge in [-0.25, -0.2) is 4.98 Å². The highest BCUT2D eigenvalue weighted by molar-refractivity contribution is 6.30. The molecule has 2 amide bonds. The van der Waals surface area contributed by atoms with Crippen molar-refractivity contribution >= 4 is 34.3 Å². The Labute approximate surface area is 161 Å². The maximum Gasteiger partial charge on any atom is 0.270 e. The fraction of sp³-hybridized carbons (Fsp3) is 0.190. The highest BCUT2D eigenvalue weighted by Gasteiger charge is 2.25. The lowest BCUT2D eigenvalue weighted by atomic mass is 9.85. The number of rotatable bonds is 3. The van der Waals surface area contributed by atoms with Gasteiger partial charge in [0.25, 0.3) is 5.91 Å². The van der Waals surface area contributed by atoms with E-state index in [1.165, 1.54) is 0 Å². The number of hydrazine groups is 1. The molecule has 0 unspecified atom stereocenters. The predicted molar refractivity (Wildman–Crippen MR) is 105 cm³/mol. The van der Waals surface area contributed by atoms with Gasteiger partial charge in [0.1, 0.15) is 0 Å². The molecule has 0 bridgehead atoms. The Morgan fingerprint density at radius 1 is 1.00 bits per heavy atom. The first kappa shape index (κ1) is 17.5. The molecule has 1 aliphatic rings. The summed E-state index contributed by atoms with van der Waals surface area (Å²) in [5.74, 6) is -0.494. The molecule has 3 aromatic rings. The number of amides is 2. The molecule has 0 spiro atoms. The number of nitrogens with one attached hydrogen (secondary N) is 2. The van der Waals surface area contributed by atoms with Crippen LogP contribution in [-0.2, 0) is 4.79 Å². The maximum atomic E-state index is 12.8. The van der Waals surface area contributed by atoms with Gasteiger partial charge in [-0.05, 0) is 37.1 Å². The van der Waals surface area contributed by atoms with Crippen LogP contribution >= 0.6 is 11.6 Å². The number of carbonyl (C=O) groups is 2. The molecule has 1 saturated carbocycles. The predicted octanol–water partition coefficient (Wildman–Crippen LogP) is 4.12. The first-order valence-electron chi connectivity index (χ1n) is 8.88. The van der Waals surface area contributed by atoms with Crippen LogP contribution < -0.4 is 10.9 Å². The Kier molecular flexibility index (Phi) is 4.77. The zero-order valence-electron chi connectivity index (χ0n) is 14.5. The highest BCUT2D eigenvalue weighted by Crippen LogP contribution is 2.27. The van der Waals surface area contributed by atoms with Crippen molar-refractivity contribution < 1.29 is 9.59 Å². The summed E-state index contributed by atoms with van der Waals surface area (Å²) in [4.78, 5) is 29.4. The van der Waals surface area contributed by atoms with E-state index >= 15 is 0 Å². The van der Waals surface area contributed by atoms with Crippen LogP contribution in [0.3, 0.4) is 0 Å². The number of nitrogens with zero attached hydrogens (tertiary/aromatic N) is 1. The Hall–Kier alpha value is -2.92. The molecule has 0 atom stereocenters. The summed E-state index contributed by atoms with van der Waals surface area (Å²) in [6, 6.07) is 16.5. The van der Waals surface area contributed by atoms with Gasteiger partial charge in [-0.3, -0.25) is 20.4 Å². The molecule has 1 aliphatic carbocycles. The molecule has 27 heavy (non-hydrogen) atoms. The topological polar surface area (TPSA) is 71.1 Å². The Morgan fingerprint density at radius 3 is 2.44 bits per heavy atom. The van der Waals surface area contributed by atoms with Gasteiger partial charge in [-0.1, -0.05) is 48.4 Å². The van der Waals surface area contributed by atoms with Crippen LogP contribution in [0.4, 0.5) is 0 Å². The molecule has 0 aliphatic heterocycles. The highest BCUT2D eigenvalue weighted by atomic mass is 35.5. The van der Waals surface area contributed by atoms with Gasteiger partial charge in [-0.2, -0.15) is 0 Å². The van der Waals surface area contributed by atoms with Crippen LogP contribution in [0.15, 0.2) is 54.6 Å². The van der Waals surface area contributed by atoms with Crippen LogP contribution in [0.1, 0.15) is 29.6 Å². The van der Waals surface area contributed by atoms with Gasteiger partial charge in [0, 0.05) is 21.9 Å². The lowest BCUT2D eigenvalue weighted by Crippen LogP contribution is -2.46. The van der Waals surface area contributed by atoms with Gasteiger partial charge >= 0.3 is 0 Å². The molecule has 2 aromatic carbocycles. The quantitative estimate of drug-likeness (QED) is 0.672. The van der Waals surface area contributed by atoms with E-state index in [0.717, 1.165) is 30.2 Å². The summed E-state index contributed by atoms with van der Waals surface area (Å²) in [7, 11) is 0. The van der Waals surface area contributed by atoms with E-state index in [1.54, 1.807) is 18.2 Å². The molecule has 2 N–H and O–H groups in total. The number of halogens is 1. The summed E-state index contributed by atoms with van der Waals surface area (Å²) in [5, 5.41) is 1.36. The number of hydrogen-bond acceptors (Lipinski definition) is 3. The fourth-order valence-corrected chi connectivity index (χ4v) is 3.22. The van der Waals surface area contributed by atoms with Gasteiger partial charge in [0.15, 0.2) is 0 Å². The van der Waals surface area contributed by atoms with Crippen molar-refractivity contribution in [2.45, 2.75) is 19.3 Å². The standard InChI is InChI=1S/C21H18ClN3O2/c22-15-10-8-13(9-11-15)19-12-17(16-6-1-2-7-18(16)23-19)21(27)25-24-20(26)14-4-3-5-14/h1-2,6-12,14H,3-5H2,(H,24,26)(H,25,27). The van der Waals surface area contributed by atoms with Crippen molar-refractivity contribution in [3.05, 3.63) is 65.2 Å². The lowest BCUT2D eigenvalue weighted by Gasteiger charge is -2.24. The van der Waals surface area contributed by atoms with Gasteiger partial charge in [0.2, 0.25) is 5.91 Å². The maximum absolute atomic E-state index is 12.8. The van der Waals surface area contributed by atoms with Crippen molar-refractivity contribution in [2.75, 3.05) is 0 Å². The van der Waals surface area contributed by atoms with Crippen molar-refractivity contribution in [2.24, 2.45) is 5.92 Å². The minimum atomic E-state index is -0.364. The summed E-state index contributed by atoms with van der Waals surface area (Å²) in [5.41, 5.74) is 7.77.